The van der Waals surface area contributed by atoms with Crippen molar-refractivity contribution in [3.8, 4) is 0 Å². The molecule has 0 amide bonds. The second kappa shape index (κ2) is 5.28. The maximum atomic E-state index is 4.42. The third-order valence-electron chi connectivity index (χ3n) is 3.51. The molecule has 17 heavy (non-hydrogen) atoms. The van der Waals surface area contributed by atoms with Crippen LogP contribution in [-0.4, -0.2) is 12.0 Å². The van der Waals surface area contributed by atoms with Gasteiger partial charge in [-0.1, -0.05) is 38.5 Å². The maximum Gasteiger partial charge on any atom is 0.0705 e. The summed E-state index contributed by atoms with van der Waals surface area (Å²) in [5, 5.41) is 4.61. The average Bonchev–Trinajstić information content (AvgIpc) is 2.39. The van der Waals surface area contributed by atoms with Gasteiger partial charge in [0.15, 0.2) is 0 Å². The zero-order chi connectivity index (χ0) is 12.3. The molecule has 0 fully saturated rings. The highest BCUT2D eigenvalue weighted by Gasteiger charge is 2.16. The van der Waals surface area contributed by atoms with Crippen molar-refractivity contribution in [2.45, 2.75) is 26.3 Å². The molecule has 2 unspecified atom stereocenters. The van der Waals surface area contributed by atoms with E-state index in [-0.39, 0.29) is 0 Å². The van der Waals surface area contributed by atoms with Gasteiger partial charge in [-0.25, -0.2) is 0 Å². The summed E-state index contributed by atoms with van der Waals surface area (Å²) in [6, 6.07) is 11.0. The Hall–Kier alpha value is -1.41. The van der Waals surface area contributed by atoms with Gasteiger partial charge in [0, 0.05) is 17.6 Å². The summed E-state index contributed by atoms with van der Waals surface area (Å²) in [5.41, 5.74) is 2.40. The lowest BCUT2D eigenvalue weighted by Gasteiger charge is -2.23. The topological polar surface area (TPSA) is 24.9 Å². The number of nitrogens with zero attached hydrogens (tertiary/aromatic N) is 1. The second-order valence-corrected chi connectivity index (χ2v) is 4.61. The van der Waals surface area contributed by atoms with Crippen molar-refractivity contribution >= 4 is 10.9 Å². The molecule has 2 atom stereocenters. The Morgan fingerprint density at radius 1 is 1.29 bits per heavy atom. The summed E-state index contributed by atoms with van der Waals surface area (Å²) in [7, 11) is 2.03. The Bertz CT molecular complexity index is 493. The van der Waals surface area contributed by atoms with Crippen LogP contribution >= 0.6 is 0 Å². The normalized spacial score (nSPS) is 14.8. The molecule has 0 aliphatic carbocycles. The first-order valence-corrected chi connectivity index (χ1v) is 6.28. The van der Waals surface area contributed by atoms with Crippen LogP contribution < -0.4 is 5.32 Å². The summed E-state index contributed by atoms with van der Waals surface area (Å²) in [6.07, 6.45) is 3.02. The van der Waals surface area contributed by atoms with E-state index >= 15 is 0 Å². The van der Waals surface area contributed by atoms with Gasteiger partial charge in [-0.15, -0.1) is 0 Å². The van der Waals surface area contributed by atoms with E-state index in [1.807, 2.05) is 19.3 Å². The lowest BCUT2D eigenvalue weighted by Crippen LogP contribution is -2.23. The number of pyridine rings is 1. The molecular weight excluding hydrogens is 208 g/mol. The fraction of sp³-hybridized carbons (Fsp3) is 0.400. The largest absolute Gasteiger partial charge is 0.313 e. The molecule has 0 saturated carbocycles. The third kappa shape index (κ3) is 2.47. The SMILES string of the molecule is CCC(C)C(NC)c1ccc2cccnc2c1. The Morgan fingerprint density at radius 3 is 2.82 bits per heavy atom. The molecule has 0 spiro atoms. The minimum Gasteiger partial charge on any atom is -0.313 e. The fourth-order valence-corrected chi connectivity index (χ4v) is 2.29. The smallest absolute Gasteiger partial charge is 0.0705 e. The van der Waals surface area contributed by atoms with Crippen LogP contribution in [0.15, 0.2) is 36.5 Å². The minimum atomic E-state index is 0.409. The maximum absolute atomic E-state index is 4.42. The van der Waals surface area contributed by atoms with E-state index in [0.717, 1.165) is 5.52 Å². The Morgan fingerprint density at radius 2 is 2.12 bits per heavy atom. The van der Waals surface area contributed by atoms with Crippen molar-refractivity contribution in [1.29, 1.82) is 0 Å². The van der Waals surface area contributed by atoms with E-state index in [0.29, 0.717) is 12.0 Å². The van der Waals surface area contributed by atoms with Crippen molar-refractivity contribution in [2.24, 2.45) is 5.92 Å². The number of hydrogen-bond donors (Lipinski definition) is 1. The van der Waals surface area contributed by atoms with Crippen LogP contribution in [0, 0.1) is 5.92 Å². The van der Waals surface area contributed by atoms with Gasteiger partial charge in [0.2, 0.25) is 0 Å². The van der Waals surface area contributed by atoms with Gasteiger partial charge >= 0.3 is 0 Å². The van der Waals surface area contributed by atoms with Crippen LogP contribution in [0.3, 0.4) is 0 Å². The highest BCUT2D eigenvalue weighted by Crippen LogP contribution is 2.26. The molecule has 90 valence electrons. The van der Waals surface area contributed by atoms with Crippen LogP contribution in [0.1, 0.15) is 31.9 Å². The van der Waals surface area contributed by atoms with Crippen LogP contribution in [-0.2, 0) is 0 Å². The number of aromatic nitrogens is 1. The predicted octanol–water partition coefficient (Wildman–Crippen LogP) is 3.54. The number of benzene rings is 1. The molecule has 2 rings (SSSR count). The van der Waals surface area contributed by atoms with Crippen molar-refractivity contribution in [1.82, 2.24) is 10.3 Å². The van der Waals surface area contributed by atoms with Crippen molar-refractivity contribution in [3.05, 3.63) is 42.1 Å². The molecule has 1 aromatic carbocycles. The Kier molecular flexibility index (Phi) is 3.75. The molecular formula is C15H20N2. The highest BCUT2D eigenvalue weighted by molar-refractivity contribution is 5.78. The number of fused-ring (bicyclic) bond motifs is 1. The zero-order valence-electron chi connectivity index (χ0n) is 10.8. The Labute approximate surface area is 103 Å². The lowest BCUT2D eigenvalue weighted by atomic mass is 9.92. The molecule has 1 aromatic heterocycles. The van der Waals surface area contributed by atoms with E-state index in [4.69, 9.17) is 0 Å². The van der Waals surface area contributed by atoms with Gasteiger partial charge in [-0.05, 0) is 30.7 Å². The van der Waals surface area contributed by atoms with Crippen LogP contribution in [0.5, 0.6) is 0 Å². The summed E-state index contributed by atoms with van der Waals surface area (Å²) >= 11 is 0. The van der Waals surface area contributed by atoms with Crippen molar-refractivity contribution in [2.75, 3.05) is 7.05 Å². The summed E-state index contributed by atoms with van der Waals surface area (Å²) in [4.78, 5) is 4.42. The van der Waals surface area contributed by atoms with E-state index in [2.05, 4.69) is 48.4 Å². The van der Waals surface area contributed by atoms with E-state index in [1.54, 1.807) is 0 Å². The predicted molar refractivity (Wildman–Crippen MR) is 73.0 cm³/mol. The van der Waals surface area contributed by atoms with Gasteiger partial charge in [0.05, 0.1) is 5.52 Å². The molecule has 0 bridgehead atoms. The summed E-state index contributed by atoms with van der Waals surface area (Å²) in [6.45, 7) is 4.51. The van der Waals surface area contributed by atoms with Gasteiger partial charge in [-0.3, -0.25) is 4.98 Å². The summed E-state index contributed by atoms with van der Waals surface area (Å²) in [5.74, 6) is 0.626. The average molecular weight is 228 g/mol. The van der Waals surface area contributed by atoms with E-state index in [9.17, 15) is 0 Å². The molecule has 0 aliphatic rings. The van der Waals surface area contributed by atoms with Crippen LogP contribution in [0.25, 0.3) is 10.9 Å². The molecule has 0 radical (unpaired) electrons. The summed E-state index contributed by atoms with van der Waals surface area (Å²) < 4.78 is 0. The van der Waals surface area contributed by atoms with Crippen LogP contribution in [0.2, 0.25) is 0 Å². The molecule has 2 heteroatoms. The van der Waals surface area contributed by atoms with Gasteiger partial charge < -0.3 is 5.32 Å². The molecule has 0 aliphatic heterocycles. The molecule has 2 aromatic rings. The fourth-order valence-electron chi connectivity index (χ4n) is 2.29. The molecule has 1 heterocycles. The second-order valence-electron chi connectivity index (χ2n) is 4.61. The van der Waals surface area contributed by atoms with Crippen molar-refractivity contribution in [3.63, 3.8) is 0 Å². The quantitative estimate of drug-likeness (QED) is 0.865. The first-order valence-electron chi connectivity index (χ1n) is 6.28. The van der Waals surface area contributed by atoms with Gasteiger partial charge in [-0.2, -0.15) is 0 Å². The standard InChI is InChI=1S/C15H20N2/c1-4-11(2)15(16-3)13-8-7-12-6-5-9-17-14(12)10-13/h5-11,15-16H,4H2,1-3H3. The molecule has 2 nitrogen and oxygen atoms in total. The highest BCUT2D eigenvalue weighted by atomic mass is 14.9. The molecule has 1 N–H and O–H groups in total. The third-order valence-corrected chi connectivity index (χ3v) is 3.51. The van der Waals surface area contributed by atoms with Gasteiger partial charge in [0.25, 0.3) is 0 Å². The first-order chi connectivity index (χ1) is 8.26. The molecule has 0 saturated heterocycles. The van der Waals surface area contributed by atoms with Crippen molar-refractivity contribution < 1.29 is 0 Å². The monoisotopic (exact) mass is 228 g/mol. The minimum absolute atomic E-state index is 0.409. The first kappa shape index (κ1) is 12.1. The number of rotatable bonds is 4. The Balaban J connectivity index is 2.40. The number of hydrogen-bond acceptors (Lipinski definition) is 2. The van der Waals surface area contributed by atoms with E-state index < -0.39 is 0 Å². The van der Waals surface area contributed by atoms with Crippen LogP contribution in [0.4, 0.5) is 0 Å². The number of nitrogens with one attached hydrogen (secondary N) is 1. The van der Waals surface area contributed by atoms with Gasteiger partial charge in [0.1, 0.15) is 0 Å². The lowest BCUT2D eigenvalue weighted by molar-refractivity contribution is 0.401. The zero-order valence-corrected chi connectivity index (χ0v) is 10.8. The van der Waals surface area contributed by atoms with E-state index in [1.165, 1.54) is 17.4 Å².